The summed E-state index contributed by atoms with van der Waals surface area (Å²) in [6.45, 7) is 10.7. The molecule has 0 radical (unpaired) electrons. The van der Waals surface area contributed by atoms with Gasteiger partial charge in [-0.15, -0.1) is 0 Å². The van der Waals surface area contributed by atoms with E-state index in [1.807, 2.05) is 13.8 Å². The summed E-state index contributed by atoms with van der Waals surface area (Å²) >= 11 is 0. The Bertz CT molecular complexity index is 679. The van der Waals surface area contributed by atoms with Gasteiger partial charge in [-0.1, -0.05) is 41.5 Å². The normalized spacial score (nSPS) is 15.1. The smallest absolute Gasteiger partial charge is 0.326 e. The maximum Gasteiger partial charge on any atom is 0.326 e. The van der Waals surface area contributed by atoms with Crippen LogP contribution in [0, 0.1) is 17.8 Å². The molecule has 0 rings (SSSR count). The first-order valence-corrected chi connectivity index (χ1v) is 10.8. The van der Waals surface area contributed by atoms with Gasteiger partial charge in [-0.3, -0.25) is 19.2 Å². The van der Waals surface area contributed by atoms with Crippen molar-refractivity contribution in [1.29, 1.82) is 0 Å². The first-order valence-electron chi connectivity index (χ1n) is 10.8. The number of carbonyl (C=O) groups is 5. The van der Waals surface area contributed by atoms with Crippen LogP contribution in [0.15, 0.2) is 0 Å². The zero-order valence-electron chi connectivity index (χ0n) is 19.7. The third-order valence-corrected chi connectivity index (χ3v) is 4.73. The Morgan fingerprint density at radius 2 is 1.22 bits per heavy atom. The molecule has 0 aliphatic rings. The fraction of sp³-hybridized carbons (Fsp3) is 0.762. The lowest BCUT2D eigenvalue weighted by atomic mass is 9.98. The fourth-order valence-electron chi connectivity index (χ4n) is 3.11. The number of rotatable bonds is 14. The summed E-state index contributed by atoms with van der Waals surface area (Å²) in [5, 5.41) is 25.3. The van der Waals surface area contributed by atoms with Crippen LogP contribution in [0.4, 0.5) is 0 Å². The number of carbonyl (C=O) groups excluding carboxylic acids is 3. The van der Waals surface area contributed by atoms with E-state index in [-0.39, 0.29) is 24.3 Å². The second-order valence-electron chi connectivity index (χ2n) is 9.11. The predicted molar refractivity (Wildman–Crippen MR) is 117 cm³/mol. The van der Waals surface area contributed by atoms with Gasteiger partial charge in [0.2, 0.25) is 17.7 Å². The largest absolute Gasteiger partial charge is 0.481 e. The van der Waals surface area contributed by atoms with Crippen LogP contribution in [0.1, 0.15) is 60.8 Å². The van der Waals surface area contributed by atoms with E-state index in [0.29, 0.717) is 12.3 Å². The van der Waals surface area contributed by atoms with Crippen molar-refractivity contribution in [3.63, 3.8) is 0 Å². The monoisotopic (exact) mass is 458 g/mol. The van der Waals surface area contributed by atoms with Gasteiger partial charge in [-0.05, 0) is 24.2 Å². The molecule has 0 aliphatic heterocycles. The van der Waals surface area contributed by atoms with Crippen molar-refractivity contribution in [2.75, 3.05) is 0 Å². The molecule has 11 heteroatoms. The highest BCUT2D eigenvalue weighted by atomic mass is 16.4. The highest BCUT2D eigenvalue weighted by molar-refractivity contribution is 5.94. The average molecular weight is 459 g/mol. The fourth-order valence-corrected chi connectivity index (χ4v) is 3.11. The quantitative estimate of drug-likeness (QED) is 0.211. The van der Waals surface area contributed by atoms with E-state index in [4.69, 9.17) is 15.9 Å². The number of carboxylic acids is 2. The van der Waals surface area contributed by atoms with Gasteiger partial charge in [-0.2, -0.15) is 0 Å². The van der Waals surface area contributed by atoms with Crippen LogP contribution in [-0.2, 0) is 24.0 Å². The highest BCUT2D eigenvalue weighted by Crippen LogP contribution is 2.10. The zero-order chi connectivity index (χ0) is 25.2. The van der Waals surface area contributed by atoms with Crippen molar-refractivity contribution in [3.05, 3.63) is 0 Å². The van der Waals surface area contributed by atoms with Gasteiger partial charge in [0.25, 0.3) is 0 Å². The third kappa shape index (κ3) is 11.1. The van der Waals surface area contributed by atoms with E-state index in [0.717, 1.165) is 0 Å². The molecule has 0 aromatic heterocycles. The molecule has 4 atom stereocenters. The van der Waals surface area contributed by atoms with Gasteiger partial charge >= 0.3 is 11.9 Å². The Labute approximate surface area is 188 Å². The summed E-state index contributed by atoms with van der Waals surface area (Å²) in [6.07, 6.45) is -0.0952. The van der Waals surface area contributed by atoms with E-state index in [1.54, 1.807) is 27.7 Å². The van der Waals surface area contributed by atoms with Gasteiger partial charge in [0.05, 0.1) is 6.42 Å². The lowest BCUT2D eigenvalue weighted by Gasteiger charge is -2.28. The molecule has 0 saturated heterocycles. The molecule has 0 unspecified atom stereocenters. The summed E-state index contributed by atoms with van der Waals surface area (Å²) in [4.78, 5) is 59.9. The molecule has 11 nitrogen and oxygen atoms in total. The lowest BCUT2D eigenvalue weighted by Crippen LogP contribution is -2.58. The Hall–Kier alpha value is -2.69. The van der Waals surface area contributed by atoms with Crippen molar-refractivity contribution in [1.82, 2.24) is 16.0 Å². The Balaban J connectivity index is 5.28. The van der Waals surface area contributed by atoms with E-state index in [1.165, 1.54) is 0 Å². The molecule has 0 bridgehead atoms. The topological polar surface area (TPSA) is 188 Å². The highest BCUT2D eigenvalue weighted by Gasteiger charge is 2.33. The standard InChI is InChI=1S/C21H38N4O7/c1-10(2)7-13(22)8-15(26)24-17(11(3)4)20(30)25-18(12(5)6)19(29)23-14(21(31)32)9-16(27)28/h10-14,17-18H,7-9,22H2,1-6H3,(H,23,29)(H,24,26)(H,25,30)(H,27,28)(H,31,32)/t13-,14+,17+,18+/m1/s1. The Kier molecular flexibility index (Phi) is 12.5. The first kappa shape index (κ1) is 29.3. The second-order valence-corrected chi connectivity index (χ2v) is 9.11. The SMILES string of the molecule is CC(C)C[C@@H](N)CC(=O)N[C@H](C(=O)N[C@H](C(=O)N[C@@H](CC(=O)O)C(=O)O)C(C)C)C(C)C. The molecule has 32 heavy (non-hydrogen) atoms. The molecule has 0 fully saturated rings. The number of aliphatic carboxylic acids is 2. The van der Waals surface area contributed by atoms with Crippen molar-refractivity contribution in [3.8, 4) is 0 Å². The zero-order valence-corrected chi connectivity index (χ0v) is 19.7. The number of hydrogen-bond acceptors (Lipinski definition) is 6. The lowest BCUT2D eigenvalue weighted by molar-refractivity contribution is -0.147. The minimum atomic E-state index is -1.64. The molecule has 0 aliphatic carbocycles. The molecule has 7 N–H and O–H groups in total. The molecular weight excluding hydrogens is 420 g/mol. The van der Waals surface area contributed by atoms with E-state index in [2.05, 4.69) is 16.0 Å². The maximum atomic E-state index is 12.9. The maximum absolute atomic E-state index is 12.9. The van der Waals surface area contributed by atoms with E-state index in [9.17, 15) is 24.0 Å². The molecule has 0 heterocycles. The van der Waals surface area contributed by atoms with Crippen LogP contribution in [-0.4, -0.2) is 64.0 Å². The van der Waals surface area contributed by atoms with Gasteiger partial charge in [-0.25, -0.2) is 4.79 Å². The van der Waals surface area contributed by atoms with E-state index < -0.39 is 54.2 Å². The summed E-state index contributed by atoms with van der Waals surface area (Å²) in [7, 11) is 0. The molecule has 0 saturated carbocycles. The van der Waals surface area contributed by atoms with E-state index >= 15 is 0 Å². The number of hydrogen-bond donors (Lipinski definition) is 6. The van der Waals surface area contributed by atoms with Crippen molar-refractivity contribution in [2.45, 2.75) is 85.0 Å². The molecule has 0 aromatic rings. The van der Waals surface area contributed by atoms with Gasteiger partial charge in [0.1, 0.15) is 18.1 Å². The average Bonchev–Trinajstić information content (AvgIpc) is 2.61. The van der Waals surface area contributed by atoms with Gasteiger partial charge in [0, 0.05) is 12.5 Å². The second kappa shape index (κ2) is 13.7. The Morgan fingerprint density at radius 3 is 1.62 bits per heavy atom. The summed E-state index contributed by atoms with van der Waals surface area (Å²) in [6, 6.07) is -4.04. The molecule has 0 spiro atoms. The van der Waals surface area contributed by atoms with Crippen LogP contribution in [0.3, 0.4) is 0 Å². The minimum Gasteiger partial charge on any atom is -0.481 e. The summed E-state index contributed by atoms with van der Waals surface area (Å²) < 4.78 is 0. The number of nitrogens with one attached hydrogen (secondary N) is 3. The van der Waals surface area contributed by atoms with Crippen LogP contribution in [0.5, 0.6) is 0 Å². The van der Waals surface area contributed by atoms with Crippen LogP contribution >= 0.6 is 0 Å². The molecular formula is C21H38N4O7. The minimum absolute atomic E-state index is 0.0538. The predicted octanol–water partition coefficient (Wildman–Crippen LogP) is 0.0756. The number of nitrogens with two attached hydrogens (primary N) is 1. The van der Waals surface area contributed by atoms with Gasteiger partial charge < -0.3 is 31.9 Å². The van der Waals surface area contributed by atoms with Crippen LogP contribution in [0.2, 0.25) is 0 Å². The number of carboxylic acid groups (broad SMARTS) is 2. The van der Waals surface area contributed by atoms with Crippen molar-refractivity contribution in [2.24, 2.45) is 23.5 Å². The van der Waals surface area contributed by atoms with Crippen LogP contribution in [0.25, 0.3) is 0 Å². The molecule has 184 valence electrons. The molecule has 0 aromatic carbocycles. The molecule has 3 amide bonds. The first-order chi connectivity index (χ1) is 14.6. The Morgan fingerprint density at radius 1 is 0.750 bits per heavy atom. The third-order valence-electron chi connectivity index (χ3n) is 4.73. The number of amides is 3. The van der Waals surface area contributed by atoms with Crippen LogP contribution < -0.4 is 21.7 Å². The van der Waals surface area contributed by atoms with Gasteiger partial charge in [0.15, 0.2) is 0 Å². The van der Waals surface area contributed by atoms with Crippen molar-refractivity contribution >= 4 is 29.7 Å². The van der Waals surface area contributed by atoms with Crippen molar-refractivity contribution < 1.29 is 34.2 Å². The summed E-state index contributed by atoms with van der Waals surface area (Å²) in [5.74, 6) is -5.11. The summed E-state index contributed by atoms with van der Waals surface area (Å²) in [5.41, 5.74) is 5.96.